The van der Waals surface area contributed by atoms with E-state index in [9.17, 15) is 13.5 Å². The van der Waals surface area contributed by atoms with Crippen molar-refractivity contribution in [2.75, 3.05) is 13.2 Å². The standard InChI is InChI=1S/C13H18BrNO4S/c1-9(2)20(17,18)15-12-7-19-8-13(12,16)10-3-5-11(14)6-4-10/h3-6,9,12,15-16H,7-8H2,1-2H3. The van der Waals surface area contributed by atoms with E-state index in [1.54, 1.807) is 38.1 Å². The van der Waals surface area contributed by atoms with Crippen molar-refractivity contribution >= 4 is 26.0 Å². The van der Waals surface area contributed by atoms with E-state index in [1.165, 1.54) is 0 Å². The highest BCUT2D eigenvalue weighted by atomic mass is 79.9. The highest BCUT2D eigenvalue weighted by molar-refractivity contribution is 9.10. The summed E-state index contributed by atoms with van der Waals surface area (Å²) in [4.78, 5) is 0. The van der Waals surface area contributed by atoms with Crippen LogP contribution in [0.2, 0.25) is 0 Å². The molecule has 0 aliphatic carbocycles. The molecule has 1 saturated heterocycles. The molecule has 1 aliphatic heterocycles. The van der Waals surface area contributed by atoms with Crippen molar-refractivity contribution in [3.63, 3.8) is 0 Å². The lowest BCUT2D eigenvalue weighted by Gasteiger charge is -2.29. The molecule has 2 rings (SSSR count). The van der Waals surface area contributed by atoms with Crippen molar-refractivity contribution in [2.45, 2.75) is 30.7 Å². The lowest BCUT2D eigenvalue weighted by atomic mass is 9.90. The number of hydrogen-bond acceptors (Lipinski definition) is 4. The molecule has 1 aromatic carbocycles. The van der Waals surface area contributed by atoms with Crippen LogP contribution < -0.4 is 4.72 Å². The molecule has 2 unspecified atom stereocenters. The fourth-order valence-corrected chi connectivity index (χ4v) is 3.26. The van der Waals surface area contributed by atoms with Crippen LogP contribution in [0.5, 0.6) is 0 Å². The Labute approximate surface area is 127 Å². The summed E-state index contributed by atoms with van der Waals surface area (Å²) in [6, 6.07) is 6.44. The summed E-state index contributed by atoms with van der Waals surface area (Å²) in [6.07, 6.45) is 0. The number of halogens is 1. The summed E-state index contributed by atoms with van der Waals surface area (Å²) in [5.74, 6) is 0. The van der Waals surface area contributed by atoms with E-state index in [-0.39, 0.29) is 13.2 Å². The molecule has 1 fully saturated rings. The average molecular weight is 364 g/mol. The third-order valence-electron chi connectivity index (χ3n) is 3.45. The van der Waals surface area contributed by atoms with Gasteiger partial charge in [0.15, 0.2) is 0 Å². The normalized spacial score (nSPS) is 27.1. The minimum Gasteiger partial charge on any atom is -0.381 e. The number of benzene rings is 1. The van der Waals surface area contributed by atoms with Gasteiger partial charge in [-0.05, 0) is 31.5 Å². The molecule has 1 heterocycles. The molecule has 1 aromatic rings. The Morgan fingerprint density at radius 2 is 2.00 bits per heavy atom. The summed E-state index contributed by atoms with van der Waals surface area (Å²) in [7, 11) is -3.47. The molecular weight excluding hydrogens is 346 g/mol. The second-order valence-corrected chi connectivity index (χ2v) is 8.39. The SMILES string of the molecule is CC(C)S(=O)(=O)NC1COCC1(O)c1ccc(Br)cc1. The molecule has 2 N–H and O–H groups in total. The number of ether oxygens (including phenoxy) is 1. The molecule has 1 aliphatic rings. The van der Waals surface area contributed by atoms with Gasteiger partial charge in [-0.25, -0.2) is 13.1 Å². The van der Waals surface area contributed by atoms with Crippen LogP contribution in [0.4, 0.5) is 0 Å². The maximum atomic E-state index is 12.0. The van der Waals surface area contributed by atoms with Crippen LogP contribution in [0.3, 0.4) is 0 Å². The molecule has 0 radical (unpaired) electrons. The van der Waals surface area contributed by atoms with Gasteiger partial charge in [-0.15, -0.1) is 0 Å². The number of nitrogens with one attached hydrogen (secondary N) is 1. The smallest absolute Gasteiger partial charge is 0.214 e. The molecule has 0 spiro atoms. The van der Waals surface area contributed by atoms with Gasteiger partial charge >= 0.3 is 0 Å². The molecule has 7 heteroatoms. The van der Waals surface area contributed by atoms with E-state index in [0.717, 1.165) is 4.47 Å². The summed E-state index contributed by atoms with van der Waals surface area (Å²) in [6.45, 7) is 3.41. The van der Waals surface area contributed by atoms with Crippen molar-refractivity contribution in [2.24, 2.45) is 0 Å². The Balaban J connectivity index is 2.28. The van der Waals surface area contributed by atoms with Crippen molar-refractivity contribution in [3.8, 4) is 0 Å². The average Bonchev–Trinajstić information content (AvgIpc) is 2.72. The summed E-state index contributed by atoms with van der Waals surface area (Å²) < 4.78 is 32.7. The first kappa shape index (κ1) is 15.9. The first-order valence-electron chi connectivity index (χ1n) is 6.33. The van der Waals surface area contributed by atoms with Crippen molar-refractivity contribution in [1.82, 2.24) is 4.72 Å². The Bertz CT molecular complexity index is 573. The summed E-state index contributed by atoms with van der Waals surface area (Å²) in [5, 5.41) is 10.2. The van der Waals surface area contributed by atoms with Crippen molar-refractivity contribution < 1.29 is 18.3 Å². The Kier molecular flexibility index (Phi) is 4.56. The van der Waals surface area contributed by atoms with Gasteiger partial charge in [-0.3, -0.25) is 0 Å². The van der Waals surface area contributed by atoms with Crippen molar-refractivity contribution in [3.05, 3.63) is 34.3 Å². The predicted molar refractivity (Wildman–Crippen MR) is 79.8 cm³/mol. The fourth-order valence-electron chi connectivity index (χ4n) is 2.06. The lowest BCUT2D eigenvalue weighted by molar-refractivity contribution is 0.0121. The fraction of sp³-hybridized carbons (Fsp3) is 0.538. The van der Waals surface area contributed by atoms with Gasteiger partial charge in [0.1, 0.15) is 5.60 Å². The number of hydrogen-bond donors (Lipinski definition) is 2. The highest BCUT2D eigenvalue weighted by Gasteiger charge is 2.46. The van der Waals surface area contributed by atoms with Crippen LogP contribution in [0.25, 0.3) is 0 Å². The van der Waals surface area contributed by atoms with E-state index >= 15 is 0 Å². The minimum absolute atomic E-state index is 0.0694. The van der Waals surface area contributed by atoms with Gasteiger partial charge in [0.2, 0.25) is 10.0 Å². The lowest BCUT2D eigenvalue weighted by Crippen LogP contribution is -2.51. The van der Waals surface area contributed by atoms with E-state index in [4.69, 9.17) is 4.74 Å². The number of sulfonamides is 1. The molecule has 5 nitrogen and oxygen atoms in total. The molecular formula is C13H18BrNO4S. The van der Waals surface area contributed by atoms with Crippen LogP contribution in [0, 0.1) is 0 Å². The maximum absolute atomic E-state index is 12.0. The summed E-state index contributed by atoms with van der Waals surface area (Å²) in [5.41, 5.74) is -0.711. The highest BCUT2D eigenvalue weighted by Crippen LogP contribution is 2.32. The second-order valence-electron chi connectivity index (χ2n) is 5.21. The Morgan fingerprint density at radius 3 is 2.55 bits per heavy atom. The van der Waals surface area contributed by atoms with Gasteiger partial charge in [-0.2, -0.15) is 0 Å². The Hall–Kier alpha value is -0.470. The monoisotopic (exact) mass is 363 g/mol. The van der Waals surface area contributed by atoms with Gasteiger partial charge in [0.25, 0.3) is 0 Å². The Morgan fingerprint density at radius 1 is 1.40 bits per heavy atom. The molecule has 112 valence electrons. The van der Waals surface area contributed by atoms with Crippen molar-refractivity contribution in [1.29, 1.82) is 0 Å². The third-order valence-corrected chi connectivity index (χ3v) is 5.84. The van der Waals surface area contributed by atoms with E-state index in [2.05, 4.69) is 20.7 Å². The van der Waals surface area contributed by atoms with E-state index < -0.39 is 26.9 Å². The van der Waals surface area contributed by atoms with Gasteiger partial charge < -0.3 is 9.84 Å². The van der Waals surface area contributed by atoms with Crippen LogP contribution in [0.1, 0.15) is 19.4 Å². The molecule has 20 heavy (non-hydrogen) atoms. The van der Waals surface area contributed by atoms with Crippen LogP contribution >= 0.6 is 15.9 Å². The molecule has 0 amide bonds. The number of rotatable bonds is 4. The number of aliphatic hydroxyl groups is 1. The van der Waals surface area contributed by atoms with Crippen LogP contribution in [-0.4, -0.2) is 38.0 Å². The summed E-state index contributed by atoms with van der Waals surface area (Å²) >= 11 is 3.33. The van der Waals surface area contributed by atoms with E-state index in [1.807, 2.05) is 0 Å². The van der Waals surface area contributed by atoms with Crippen LogP contribution in [-0.2, 0) is 20.4 Å². The maximum Gasteiger partial charge on any atom is 0.214 e. The zero-order valence-corrected chi connectivity index (χ0v) is 13.7. The third kappa shape index (κ3) is 3.07. The molecule has 0 aromatic heterocycles. The van der Waals surface area contributed by atoms with Gasteiger partial charge in [0, 0.05) is 4.47 Å². The second kappa shape index (κ2) is 5.73. The van der Waals surface area contributed by atoms with Gasteiger partial charge in [-0.1, -0.05) is 28.1 Å². The minimum atomic E-state index is -3.47. The predicted octanol–water partition coefficient (Wildman–Crippen LogP) is 1.36. The topological polar surface area (TPSA) is 75.6 Å². The van der Waals surface area contributed by atoms with Gasteiger partial charge in [0.05, 0.1) is 24.5 Å². The molecule has 0 saturated carbocycles. The molecule has 2 atom stereocenters. The quantitative estimate of drug-likeness (QED) is 0.846. The van der Waals surface area contributed by atoms with Crippen LogP contribution in [0.15, 0.2) is 28.7 Å². The first-order chi connectivity index (χ1) is 9.25. The largest absolute Gasteiger partial charge is 0.381 e. The zero-order chi connectivity index (χ0) is 15.0. The van der Waals surface area contributed by atoms with E-state index in [0.29, 0.717) is 5.56 Å². The molecule has 0 bridgehead atoms. The first-order valence-corrected chi connectivity index (χ1v) is 8.67. The zero-order valence-electron chi connectivity index (χ0n) is 11.3.